The van der Waals surface area contributed by atoms with Gasteiger partial charge in [0.25, 0.3) is 6.01 Å². The number of nitrogens with one attached hydrogen (secondary N) is 1. The van der Waals surface area contributed by atoms with Crippen molar-refractivity contribution in [1.82, 2.24) is 4.98 Å². The molecule has 5 nitrogen and oxygen atoms in total. The van der Waals surface area contributed by atoms with Crippen LogP contribution in [0.3, 0.4) is 0 Å². The fourth-order valence-corrected chi connectivity index (χ4v) is 4.51. The van der Waals surface area contributed by atoms with Gasteiger partial charge in [-0.1, -0.05) is 80.6 Å². The van der Waals surface area contributed by atoms with Gasteiger partial charge in [-0.3, -0.25) is 4.79 Å². The van der Waals surface area contributed by atoms with E-state index in [1.165, 1.54) is 17.7 Å². The Bertz CT molecular complexity index is 1420. The van der Waals surface area contributed by atoms with E-state index in [9.17, 15) is 14.3 Å². The molecule has 0 saturated heterocycles. The quantitative estimate of drug-likeness (QED) is 0.276. The van der Waals surface area contributed by atoms with Crippen LogP contribution in [0.2, 0.25) is 0 Å². The minimum absolute atomic E-state index is 0.0411. The largest absolute Gasteiger partial charge is 0.481 e. The van der Waals surface area contributed by atoms with E-state index in [0.717, 1.165) is 34.2 Å². The fraction of sp³-hybridized carbons (Fsp3) is 0.200. The van der Waals surface area contributed by atoms with E-state index in [-0.39, 0.29) is 24.2 Å². The van der Waals surface area contributed by atoms with E-state index in [4.69, 9.17) is 9.40 Å². The van der Waals surface area contributed by atoms with Gasteiger partial charge >= 0.3 is 5.97 Å². The zero-order valence-electron chi connectivity index (χ0n) is 20.2. The minimum atomic E-state index is -0.879. The van der Waals surface area contributed by atoms with Crippen molar-refractivity contribution in [2.75, 3.05) is 5.32 Å². The van der Waals surface area contributed by atoms with E-state index in [0.29, 0.717) is 17.5 Å². The summed E-state index contributed by atoms with van der Waals surface area (Å²) in [6.45, 7) is 3.93. The van der Waals surface area contributed by atoms with Crippen LogP contribution in [-0.4, -0.2) is 22.1 Å². The molecule has 0 bridgehead atoms. The molecule has 4 aromatic rings. The summed E-state index contributed by atoms with van der Waals surface area (Å²) in [5.41, 5.74) is 6.70. The van der Waals surface area contributed by atoms with Crippen LogP contribution in [0.25, 0.3) is 39.8 Å². The fourth-order valence-electron chi connectivity index (χ4n) is 4.51. The zero-order chi connectivity index (χ0) is 25.2. The second-order valence-electron chi connectivity index (χ2n) is 9.36. The number of aromatic nitrogens is 1. The SMILES string of the molecule is CC(C)C(CC(=O)O)Nc1nc(-c2ccc(-c3ccc(F)cc3)cc2)c(-c2cccc3c2C=CC3)o1. The van der Waals surface area contributed by atoms with Crippen LogP contribution < -0.4 is 5.32 Å². The van der Waals surface area contributed by atoms with Crippen molar-refractivity contribution in [2.45, 2.75) is 32.7 Å². The van der Waals surface area contributed by atoms with Gasteiger partial charge < -0.3 is 14.8 Å². The highest BCUT2D eigenvalue weighted by atomic mass is 19.1. The molecule has 0 aliphatic heterocycles. The van der Waals surface area contributed by atoms with Gasteiger partial charge in [-0.05, 0) is 46.7 Å². The molecule has 1 aliphatic carbocycles. The number of anilines is 1. The lowest BCUT2D eigenvalue weighted by Crippen LogP contribution is -2.28. The molecular formula is C30H27FN2O3. The highest BCUT2D eigenvalue weighted by molar-refractivity contribution is 5.85. The molecule has 36 heavy (non-hydrogen) atoms. The average Bonchev–Trinajstić information content (AvgIpc) is 3.51. The molecule has 1 aliphatic rings. The molecule has 2 N–H and O–H groups in total. The molecule has 1 atom stereocenters. The van der Waals surface area contributed by atoms with Crippen LogP contribution in [0.5, 0.6) is 0 Å². The van der Waals surface area contributed by atoms with Crippen molar-refractivity contribution in [2.24, 2.45) is 5.92 Å². The van der Waals surface area contributed by atoms with Crippen molar-refractivity contribution >= 4 is 18.1 Å². The highest BCUT2D eigenvalue weighted by Gasteiger charge is 2.24. The smallest absolute Gasteiger partial charge is 0.305 e. The first-order valence-corrected chi connectivity index (χ1v) is 12.0. The molecule has 1 heterocycles. The molecular weight excluding hydrogens is 455 g/mol. The first-order valence-electron chi connectivity index (χ1n) is 12.0. The van der Waals surface area contributed by atoms with Crippen LogP contribution in [0.1, 0.15) is 31.4 Å². The maximum absolute atomic E-state index is 13.3. The standard InChI is InChI=1S/C30H27FN2O3/c1-18(2)26(17-27(34)35)32-30-33-28(29(36-30)25-8-4-6-21-5-3-7-24(21)25)22-11-9-19(10-12-22)20-13-15-23(31)16-14-20/h3-4,6-16,18,26H,5,17H2,1-2H3,(H,32,33)(H,34,35). The Kier molecular flexibility index (Phi) is 6.42. The maximum atomic E-state index is 13.3. The normalized spacial score (nSPS) is 13.1. The molecule has 1 unspecified atom stereocenters. The topological polar surface area (TPSA) is 75.4 Å². The molecule has 0 amide bonds. The summed E-state index contributed by atoms with van der Waals surface area (Å²) in [4.78, 5) is 16.2. The van der Waals surface area contributed by atoms with E-state index in [2.05, 4.69) is 23.5 Å². The van der Waals surface area contributed by atoms with Gasteiger partial charge in [-0.25, -0.2) is 4.39 Å². The molecule has 0 saturated carbocycles. The van der Waals surface area contributed by atoms with Crippen molar-refractivity contribution in [3.05, 3.63) is 89.8 Å². The Morgan fingerprint density at radius 1 is 1.03 bits per heavy atom. The minimum Gasteiger partial charge on any atom is -0.481 e. The summed E-state index contributed by atoms with van der Waals surface area (Å²) >= 11 is 0. The van der Waals surface area contributed by atoms with Crippen LogP contribution >= 0.6 is 0 Å². The Hall–Kier alpha value is -4.19. The summed E-state index contributed by atoms with van der Waals surface area (Å²) < 4.78 is 19.6. The summed E-state index contributed by atoms with van der Waals surface area (Å²) in [5.74, 6) is -0.447. The molecule has 1 aromatic heterocycles. The third-order valence-electron chi connectivity index (χ3n) is 6.53. The number of nitrogens with zero attached hydrogens (tertiary/aromatic N) is 1. The lowest BCUT2D eigenvalue weighted by molar-refractivity contribution is -0.137. The zero-order valence-corrected chi connectivity index (χ0v) is 20.2. The van der Waals surface area contributed by atoms with Crippen molar-refractivity contribution in [1.29, 1.82) is 0 Å². The lowest BCUT2D eigenvalue weighted by Gasteiger charge is -2.19. The highest BCUT2D eigenvalue weighted by Crippen LogP contribution is 2.39. The van der Waals surface area contributed by atoms with Gasteiger partial charge in [-0.2, -0.15) is 4.98 Å². The Labute approximate surface area is 209 Å². The predicted octanol–water partition coefficient (Wildman–Crippen LogP) is 7.30. The van der Waals surface area contributed by atoms with Gasteiger partial charge in [0.05, 0.1) is 6.42 Å². The van der Waals surface area contributed by atoms with Crippen LogP contribution in [0.4, 0.5) is 10.4 Å². The number of fused-ring (bicyclic) bond motifs is 1. The molecule has 6 heteroatoms. The number of hydrogen-bond donors (Lipinski definition) is 2. The maximum Gasteiger partial charge on any atom is 0.305 e. The van der Waals surface area contributed by atoms with Crippen molar-refractivity contribution in [3.8, 4) is 33.7 Å². The van der Waals surface area contributed by atoms with Gasteiger partial charge in [0.15, 0.2) is 5.76 Å². The monoisotopic (exact) mass is 482 g/mol. The molecule has 3 aromatic carbocycles. The number of carboxylic acid groups (broad SMARTS) is 1. The number of carboxylic acids is 1. The molecule has 0 radical (unpaired) electrons. The van der Waals surface area contributed by atoms with E-state index >= 15 is 0 Å². The second kappa shape index (κ2) is 9.82. The number of rotatable bonds is 8. The molecule has 0 fully saturated rings. The van der Waals surface area contributed by atoms with Crippen molar-refractivity contribution in [3.63, 3.8) is 0 Å². The summed E-state index contributed by atoms with van der Waals surface area (Å²) in [6.07, 6.45) is 5.06. The molecule has 182 valence electrons. The van der Waals surface area contributed by atoms with Crippen LogP contribution in [0, 0.1) is 11.7 Å². The Morgan fingerprint density at radius 2 is 1.69 bits per heavy atom. The number of aliphatic carboxylic acids is 1. The number of benzene rings is 3. The third kappa shape index (κ3) is 4.80. The van der Waals surface area contributed by atoms with Gasteiger partial charge in [0, 0.05) is 17.2 Å². The lowest BCUT2D eigenvalue weighted by atomic mass is 9.97. The first kappa shape index (κ1) is 23.5. The summed E-state index contributed by atoms with van der Waals surface area (Å²) in [6, 6.07) is 20.4. The van der Waals surface area contributed by atoms with Gasteiger partial charge in [0.2, 0.25) is 0 Å². The molecule has 5 rings (SSSR count). The summed E-state index contributed by atoms with van der Waals surface area (Å²) in [5, 5.41) is 12.6. The number of carbonyl (C=O) groups is 1. The van der Waals surface area contributed by atoms with Crippen LogP contribution in [0.15, 0.2) is 77.2 Å². The number of oxazole rings is 1. The molecule has 0 spiro atoms. The average molecular weight is 483 g/mol. The van der Waals surface area contributed by atoms with Gasteiger partial charge in [-0.15, -0.1) is 0 Å². The number of hydrogen-bond acceptors (Lipinski definition) is 4. The first-order chi connectivity index (χ1) is 17.4. The Balaban J connectivity index is 1.56. The van der Waals surface area contributed by atoms with Gasteiger partial charge in [0.1, 0.15) is 11.5 Å². The van der Waals surface area contributed by atoms with Crippen molar-refractivity contribution < 1.29 is 18.7 Å². The van der Waals surface area contributed by atoms with E-state index in [1.54, 1.807) is 12.1 Å². The Morgan fingerprint density at radius 3 is 2.36 bits per heavy atom. The number of allylic oxidation sites excluding steroid dienone is 1. The summed E-state index contributed by atoms with van der Waals surface area (Å²) in [7, 11) is 0. The number of halogens is 1. The van der Waals surface area contributed by atoms with Crippen LogP contribution in [-0.2, 0) is 11.2 Å². The third-order valence-corrected chi connectivity index (χ3v) is 6.53. The second-order valence-corrected chi connectivity index (χ2v) is 9.36. The predicted molar refractivity (Wildman–Crippen MR) is 140 cm³/mol. The van der Waals surface area contributed by atoms with E-state index < -0.39 is 5.97 Å². The van der Waals surface area contributed by atoms with E-state index in [1.807, 2.05) is 50.2 Å².